The quantitative estimate of drug-likeness (QED) is 0.304. The van der Waals surface area contributed by atoms with Crippen LogP contribution in [0.15, 0.2) is 52.7 Å². The number of thiocarbonyl (C=S) groups is 1. The highest BCUT2D eigenvalue weighted by molar-refractivity contribution is 7.80. The number of nitrogens with zero attached hydrogens (tertiary/aromatic N) is 4. The maximum absolute atomic E-state index is 10.7. The van der Waals surface area contributed by atoms with E-state index in [0.29, 0.717) is 11.4 Å². The summed E-state index contributed by atoms with van der Waals surface area (Å²) in [6.07, 6.45) is 0. The van der Waals surface area contributed by atoms with Crippen LogP contribution < -0.4 is 5.32 Å². The average Bonchev–Trinajstić information content (AvgIpc) is 2.84. The van der Waals surface area contributed by atoms with E-state index in [1.807, 2.05) is 25.1 Å². The number of aryl methyl sites for hydroxylation is 2. The van der Waals surface area contributed by atoms with Crippen LogP contribution in [0.25, 0.3) is 10.9 Å². The van der Waals surface area contributed by atoms with E-state index in [4.69, 9.17) is 12.2 Å². The van der Waals surface area contributed by atoms with Gasteiger partial charge in [-0.1, -0.05) is 11.6 Å². The highest BCUT2D eigenvalue weighted by Crippen LogP contribution is 2.38. The minimum absolute atomic E-state index is 0.00696. The first-order chi connectivity index (χ1) is 12.4. The number of nitro benzene ring substituents is 1. The fourth-order valence-corrected chi connectivity index (χ4v) is 2.69. The Morgan fingerprint density at radius 2 is 1.96 bits per heavy atom. The Morgan fingerprint density at radius 1 is 1.27 bits per heavy atom. The normalized spacial score (nSPS) is 11.2. The van der Waals surface area contributed by atoms with Crippen molar-refractivity contribution in [3.05, 3.63) is 58.1 Å². The third-order valence-electron chi connectivity index (χ3n) is 3.87. The summed E-state index contributed by atoms with van der Waals surface area (Å²) in [7, 11) is 1.74. The lowest BCUT2D eigenvalue weighted by molar-refractivity contribution is -0.384. The van der Waals surface area contributed by atoms with Crippen LogP contribution in [0.1, 0.15) is 5.56 Å². The van der Waals surface area contributed by atoms with E-state index >= 15 is 0 Å². The fraction of sp³-hybridized carbons (Fsp3) is 0.118. The van der Waals surface area contributed by atoms with E-state index in [-0.39, 0.29) is 16.7 Å². The standard InChI is InChI=1S/C17H15N5O3S/c1-10-3-8-14-13(9-10)15(16(23)21(14)2)19-20-17(26)18-11-4-6-12(7-5-11)22(24)25/h3-9,23H,1-2H3,(H,18,26). The number of aromatic nitrogens is 1. The molecule has 8 nitrogen and oxygen atoms in total. The Morgan fingerprint density at radius 3 is 2.62 bits per heavy atom. The molecular formula is C17H15N5O3S. The first kappa shape index (κ1) is 17.5. The largest absolute Gasteiger partial charge is 0.493 e. The number of rotatable bonds is 3. The maximum Gasteiger partial charge on any atom is 0.269 e. The number of non-ortho nitro benzene ring substituents is 1. The van der Waals surface area contributed by atoms with Crippen molar-refractivity contribution in [3.63, 3.8) is 0 Å². The zero-order valence-electron chi connectivity index (χ0n) is 14.0. The van der Waals surface area contributed by atoms with E-state index in [1.54, 1.807) is 11.6 Å². The summed E-state index contributed by atoms with van der Waals surface area (Å²) >= 11 is 5.12. The van der Waals surface area contributed by atoms with Gasteiger partial charge in [0.15, 0.2) is 5.69 Å². The second-order valence-electron chi connectivity index (χ2n) is 5.69. The molecule has 26 heavy (non-hydrogen) atoms. The van der Waals surface area contributed by atoms with Gasteiger partial charge in [0.1, 0.15) is 0 Å². The molecule has 0 unspecified atom stereocenters. The van der Waals surface area contributed by atoms with Crippen molar-refractivity contribution < 1.29 is 10.0 Å². The lowest BCUT2D eigenvalue weighted by Crippen LogP contribution is -2.04. The van der Waals surface area contributed by atoms with E-state index < -0.39 is 4.92 Å². The summed E-state index contributed by atoms with van der Waals surface area (Å²) in [4.78, 5) is 10.2. The topological polar surface area (TPSA) is 105 Å². The summed E-state index contributed by atoms with van der Waals surface area (Å²) in [5, 5.41) is 32.6. The highest BCUT2D eigenvalue weighted by Gasteiger charge is 2.14. The lowest BCUT2D eigenvalue weighted by atomic mass is 10.1. The molecule has 0 radical (unpaired) electrons. The summed E-state index contributed by atoms with van der Waals surface area (Å²) in [5.41, 5.74) is 2.73. The molecule has 0 atom stereocenters. The molecule has 0 spiro atoms. The highest BCUT2D eigenvalue weighted by atomic mass is 32.1. The molecule has 2 N–H and O–H groups in total. The second kappa shape index (κ2) is 6.89. The SMILES string of the molecule is Cc1ccc2c(c1)c(N=NC(=S)Nc1ccc([N+](=O)[O-])cc1)c(O)n2C. The van der Waals surface area contributed by atoms with Crippen molar-refractivity contribution in [3.8, 4) is 5.88 Å². The first-order valence-corrected chi connectivity index (χ1v) is 8.03. The molecule has 1 aromatic heterocycles. The van der Waals surface area contributed by atoms with Gasteiger partial charge in [0.25, 0.3) is 5.69 Å². The Bertz CT molecular complexity index is 1040. The van der Waals surface area contributed by atoms with E-state index in [0.717, 1.165) is 16.5 Å². The number of aromatic hydroxyl groups is 1. The van der Waals surface area contributed by atoms with Crippen LogP contribution in [0.5, 0.6) is 5.88 Å². The Labute approximate surface area is 153 Å². The van der Waals surface area contributed by atoms with Gasteiger partial charge in [-0.2, -0.15) is 0 Å². The zero-order valence-corrected chi connectivity index (χ0v) is 14.8. The fourth-order valence-electron chi connectivity index (χ4n) is 2.53. The smallest absolute Gasteiger partial charge is 0.269 e. The first-order valence-electron chi connectivity index (χ1n) is 7.62. The lowest BCUT2D eigenvalue weighted by Gasteiger charge is -2.02. The second-order valence-corrected chi connectivity index (χ2v) is 6.07. The predicted octanol–water partition coefficient (Wildman–Crippen LogP) is 4.58. The van der Waals surface area contributed by atoms with Crippen LogP contribution in [-0.2, 0) is 7.05 Å². The number of nitrogens with one attached hydrogen (secondary N) is 1. The summed E-state index contributed by atoms with van der Waals surface area (Å²) in [5.74, 6) is -0.00696. The molecule has 132 valence electrons. The van der Waals surface area contributed by atoms with Crippen LogP contribution in [0.4, 0.5) is 17.1 Å². The van der Waals surface area contributed by atoms with Crippen molar-refractivity contribution in [1.82, 2.24) is 4.57 Å². The molecule has 0 fully saturated rings. The molecule has 9 heteroatoms. The van der Waals surface area contributed by atoms with Crippen LogP contribution in [0.2, 0.25) is 0 Å². The van der Waals surface area contributed by atoms with Crippen molar-refractivity contribution in [2.24, 2.45) is 17.3 Å². The van der Waals surface area contributed by atoms with Gasteiger partial charge in [0.2, 0.25) is 11.0 Å². The van der Waals surface area contributed by atoms with Crippen molar-refractivity contribution in [2.75, 3.05) is 5.32 Å². The molecule has 0 saturated carbocycles. The monoisotopic (exact) mass is 369 g/mol. The van der Waals surface area contributed by atoms with E-state index in [1.165, 1.54) is 24.3 Å². The molecular weight excluding hydrogens is 354 g/mol. The third kappa shape index (κ3) is 3.38. The minimum Gasteiger partial charge on any atom is -0.493 e. The molecule has 0 aliphatic heterocycles. The van der Waals surface area contributed by atoms with Crippen molar-refractivity contribution in [1.29, 1.82) is 0 Å². The zero-order chi connectivity index (χ0) is 18.8. The van der Waals surface area contributed by atoms with Crippen LogP contribution >= 0.6 is 12.2 Å². The number of fused-ring (bicyclic) bond motifs is 1. The van der Waals surface area contributed by atoms with Crippen LogP contribution in [-0.4, -0.2) is 19.7 Å². The summed E-state index contributed by atoms with van der Waals surface area (Å²) in [6, 6.07) is 11.5. The van der Waals surface area contributed by atoms with Crippen molar-refractivity contribution in [2.45, 2.75) is 6.92 Å². The molecule has 3 rings (SSSR count). The Hall–Kier alpha value is -3.33. The van der Waals surface area contributed by atoms with E-state index in [2.05, 4.69) is 15.5 Å². The summed E-state index contributed by atoms with van der Waals surface area (Å²) < 4.78 is 1.62. The molecule has 0 bridgehead atoms. The molecule has 3 aromatic rings. The number of anilines is 1. The van der Waals surface area contributed by atoms with Gasteiger partial charge in [-0.3, -0.25) is 10.1 Å². The number of nitro groups is 1. The molecule has 2 aromatic carbocycles. The van der Waals surface area contributed by atoms with Gasteiger partial charge in [0.05, 0.1) is 10.4 Å². The van der Waals surface area contributed by atoms with E-state index in [9.17, 15) is 15.2 Å². The summed E-state index contributed by atoms with van der Waals surface area (Å²) in [6.45, 7) is 1.95. The number of hydrogen-bond donors (Lipinski definition) is 2. The third-order valence-corrected chi connectivity index (χ3v) is 4.05. The van der Waals surface area contributed by atoms with Gasteiger partial charge >= 0.3 is 0 Å². The predicted molar refractivity (Wildman–Crippen MR) is 103 cm³/mol. The maximum atomic E-state index is 10.7. The van der Waals surface area contributed by atoms with Crippen LogP contribution in [0.3, 0.4) is 0 Å². The van der Waals surface area contributed by atoms with Gasteiger partial charge in [0, 0.05) is 30.3 Å². The minimum atomic E-state index is -0.479. The molecule has 0 amide bonds. The van der Waals surface area contributed by atoms with Gasteiger partial charge in [-0.15, -0.1) is 10.2 Å². The molecule has 0 aliphatic rings. The molecule has 0 aliphatic carbocycles. The van der Waals surface area contributed by atoms with Gasteiger partial charge in [-0.05, 0) is 43.4 Å². The number of hydrogen-bond acceptors (Lipinski definition) is 5. The number of benzene rings is 2. The van der Waals surface area contributed by atoms with Crippen molar-refractivity contribution >= 4 is 45.3 Å². The number of azo groups is 1. The molecule has 1 heterocycles. The molecule has 0 saturated heterocycles. The van der Waals surface area contributed by atoms with Gasteiger partial charge in [-0.25, -0.2) is 0 Å². The average molecular weight is 369 g/mol. The Kier molecular flexibility index (Phi) is 4.63. The van der Waals surface area contributed by atoms with Crippen LogP contribution in [0, 0.1) is 17.0 Å². The van der Waals surface area contributed by atoms with Gasteiger partial charge < -0.3 is 15.0 Å². The Balaban J connectivity index is 1.82.